The van der Waals surface area contributed by atoms with Crippen LogP contribution in [0, 0.1) is 41.5 Å². The molecular weight excluding hydrogens is 1950 g/mol. The number of ether oxygens (including phenoxy) is 2. The van der Waals surface area contributed by atoms with Crippen LogP contribution in [0.25, 0.3) is 44.8 Å². The lowest BCUT2D eigenvalue weighted by molar-refractivity contribution is 0.0435. The smallest absolute Gasteiger partial charge is 0.408 e. The molecule has 12 aromatic rings. The fourth-order valence-electron chi connectivity index (χ4n) is 12.6. The Labute approximate surface area is 754 Å². The van der Waals surface area contributed by atoms with Crippen LogP contribution in [0.2, 0.25) is 41.1 Å². The van der Waals surface area contributed by atoms with Gasteiger partial charge >= 0.3 is 12.2 Å². The van der Waals surface area contributed by atoms with Gasteiger partial charge in [0.25, 0.3) is 0 Å². The Kier molecular flexibility index (Phi) is 30.6. The molecule has 3 saturated heterocycles. The highest BCUT2D eigenvalue weighted by Crippen LogP contribution is 2.41. The summed E-state index contributed by atoms with van der Waals surface area (Å²) in [6.45, 7) is 33.3. The first-order chi connectivity index (χ1) is 55.4. The number of carbonyl (C=O) groups is 2. The number of hydrogen-bond acceptors (Lipinski definition) is 26. The summed E-state index contributed by atoms with van der Waals surface area (Å²) in [6, 6.07) is 11.1. The topological polar surface area (TPSA) is 374 Å². The number of nitrogen functional groups attached to an aromatic ring is 1. The summed E-state index contributed by atoms with van der Waals surface area (Å²) in [7, 11) is 0. The number of carbonyl (C=O) groups excluding carboxylic acids is 2. The third-order valence-electron chi connectivity index (χ3n) is 18.9. The first-order valence-electron chi connectivity index (χ1n) is 36.6. The van der Waals surface area contributed by atoms with Crippen molar-refractivity contribution in [2.45, 2.75) is 170 Å². The highest BCUT2D eigenvalue weighted by Gasteiger charge is 2.37. The van der Waals surface area contributed by atoms with Crippen molar-refractivity contribution in [3.8, 4) is 22.3 Å². The number of anilines is 4. The molecule has 7 N–H and O–H groups in total. The molecule has 10 aromatic heterocycles. The number of piperidine rings is 3. The summed E-state index contributed by atoms with van der Waals surface area (Å²) >= 11 is 61.2. The van der Waals surface area contributed by atoms with Gasteiger partial charge in [0.05, 0.1) is 72.1 Å². The second-order valence-electron chi connectivity index (χ2n) is 30.7. The largest absolute Gasteiger partial charge is 0.444 e. The van der Waals surface area contributed by atoms with E-state index in [-0.39, 0.29) is 33.3 Å². The number of rotatable bonds is 8. The molecule has 0 aliphatic carbocycles. The Hall–Kier alpha value is -7.30. The zero-order chi connectivity index (χ0) is 86.4. The minimum atomic E-state index is -0.532. The van der Waals surface area contributed by atoms with Crippen LogP contribution in [0.15, 0.2) is 79.6 Å². The van der Waals surface area contributed by atoms with Crippen LogP contribution in [-0.4, -0.2) is 178 Å². The first kappa shape index (κ1) is 93.0. The quantitative estimate of drug-likeness (QED) is 0.0408. The predicted molar refractivity (Wildman–Crippen MR) is 478 cm³/mol. The van der Waals surface area contributed by atoms with E-state index in [9.17, 15) is 9.59 Å². The predicted octanol–water partition coefficient (Wildman–Crippen LogP) is 18.3. The standard InChI is InChI=1S/C23H28Cl2N6O2.C18H20Cl2N6.C17H25BrN6O2.C6H4BrClN4.C5H3BrCl2N2.C5H6BrClN4/c1-14-17(15-7-6-8-16(24)18(15)25)19-29-26-13-31(19)20(27-14)30-11-9-23(5,10-12-30)28-21(32)33-22(2,3)4;1-11-14(12-4-3-5-13(19)15(12)20)16-24-22-10-26(16)17(23-11)25-8-6-18(2,21)7-9-25;1-11-12(18)13-22-19-10-24(13)14(20-11)23-8-6-17(5,7-9-23)21-15(25)26-16(2,3)4;1-3-4(7)5-11-9-2-12(5)6(8)10-3;1-2-3(6)4(7)10-5(8)9-2;1-2-3(6)4(11-8)10-5(7)9-2/h6-8,13H,9-12H2,1-5H3,(H,28,32);3-5,10H,6-9,21H2,1-2H3;10H,6-9H2,1-5H3,(H,21,25);2H,1H3;1H3;8H2,1H3,(H,9,10,11). The van der Waals surface area contributed by atoms with Gasteiger partial charge in [-0.25, -0.2) is 54.7 Å². The van der Waals surface area contributed by atoms with E-state index in [1.807, 2.05) is 114 Å². The second kappa shape index (κ2) is 38.8. The van der Waals surface area contributed by atoms with Crippen molar-refractivity contribution >= 4 is 215 Å². The molecule has 44 heteroatoms. The summed E-state index contributed by atoms with van der Waals surface area (Å²) in [5, 5.41) is 41.8. The third-order valence-corrected chi connectivity index (χ3v) is 25.4. The maximum atomic E-state index is 12.3. The molecule has 3 aliphatic rings. The molecule has 0 saturated carbocycles. The lowest BCUT2D eigenvalue weighted by Crippen LogP contribution is -2.54. The van der Waals surface area contributed by atoms with Gasteiger partial charge in [0.2, 0.25) is 33.7 Å². The van der Waals surface area contributed by atoms with Crippen molar-refractivity contribution in [2.24, 2.45) is 11.6 Å². The number of hydrazine groups is 1. The Morgan fingerprint density at radius 1 is 0.441 bits per heavy atom. The number of halogens is 12. The minimum Gasteiger partial charge on any atom is -0.444 e. The normalized spacial score (nSPS) is 15.0. The number of amides is 2. The molecule has 0 bridgehead atoms. The molecule has 15 rings (SSSR count). The molecule has 3 aliphatic heterocycles. The molecule has 0 atom stereocenters. The molecule has 118 heavy (non-hydrogen) atoms. The van der Waals surface area contributed by atoms with Gasteiger partial charge in [0.15, 0.2) is 28.4 Å². The first-order valence-corrected chi connectivity index (χ1v) is 42.8. The third kappa shape index (κ3) is 22.9. The van der Waals surface area contributed by atoms with Crippen LogP contribution in [-0.2, 0) is 9.47 Å². The van der Waals surface area contributed by atoms with Gasteiger partial charge in [0.1, 0.15) is 41.7 Å². The molecular formula is C74H86Br4Cl8N28O4. The van der Waals surface area contributed by atoms with Crippen LogP contribution in [0.1, 0.15) is 135 Å². The van der Waals surface area contributed by atoms with Crippen molar-refractivity contribution < 1.29 is 19.1 Å². The Balaban J connectivity index is 0.000000157. The summed E-state index contributed by atoms with van der Waals surface area (Å²) in [5.41, 5.74) is 17.7. The van der Waals surface area contributed by atoms with E-state index in [0.717, 1.165) is 164 Å². The molecule has 630 valence electrons. The van der Waals surface area contributed by atoms with Crippen molar-refractivity contribution in [3.63, 3.8) is 0 Å². The van der Waals surface area contributed by atoms with Crippen LogP contribution in [0.3, 0.4) is 0 Å². The van der Waals surface area contributed by atoms with E-state index in [1.165, 1.54) is 6.33 Å². The van der Waals surface area contributed by atoms with Crippen LogP contribution in [0.4, 0.5) is 33.3 Å². The number of benzene rings is 2. The van der Waals surface area contributed by atoms with E-state index in [0.29, 0.717) is 65.2 Å². The van der Waals surface area contributed by atoms with Gasteiger partial charge < -0.3 is 46.0 Å². The van der Waals surface area contributed by atoms with Gasteiger partial charge in [-0.05, 0) is 253 Å². The number of aryl methyl sites for hydroxylation is 6. The summed E-state index contributed by atoms with van der Waals surface area (Å²) in [6.07, 6.45) is 10.7. The number of nitrogens with zero attached hydrogens (tertiary/aromatic N) is 23. The number of aromatic nitrogens is 20. The van der Waals surface area contributed by atoms with Crippen molar-refractivity contribution in [2.75, 3.05) is 59.4 Å². The van der Waals surface area contributed by atoms with E-state index >= 15 is 0 Å². The Morgan fingerprint density at radius 2 is 0.780 bits per heavy atom. The van der Waals surface area contributed by atoms with E-state index in [4.69, 9.17) is 129 Å². The fraction of sp³-hybridized carbons (Fsp3) is 0.432. The number of alkyl carbamates (subject to hydrolysis) is 2. The van der Waals surface area contributed by atoms with E-state index in [1.54, 1.807) is 49.4 Å². The summed E-state index contributed by atoms with van der Waals surface area (Å²) in [4.78, 5) is 64.9. The maximum absolute atomic E-state index is 12.3. The van der Waals surface area contributed by atoms with Gasteiger partial charge in [-0.15, -0.1) is 40.8 Å². The van der Waals surface area contributed by atoms with E-state index in [2.05, 4.69) is 174 Å². The highest BCUT2D eigenvalue weighted by molar-refractivity contribution is 9.11. The zero-order valence-electron chi connectivity index (χ0n) is 66.9. The van der Waals surface area contributed by atoms with Crippen molar-refractivity contribution in [1.82, 2.24) is 109 Å². The lowest BCUT2D eigenvalue weighted by Gasteiger charge is -2.40. The highest BCUT2D eigenvalue weighted by atomic mass is 79.9. The fourth-order valence-corrected chi connectivity index (χ4v) is 15.5. The lowest BCUT2D eigenvalue weighted by atomic mass is 9.90. The molecule has 3 fully saturated rings. The van der Waals surface area contributed by atoms with Crippen LogP contribution >= 0.6 is 157 Å². The van der Waals surface area contributed by atoms with Gasteiger partial charge in [-0.2, -0.15) is 4.98 Å². The number of fused-ring (bicyclic) bond motifs is 4. The molecule has 0 unspecified atom stereocenters. The number of hydrogen-bond donors (Lipinski definition) is 5. The average Bonchev–Trinajstić information content (AvgIpc) is 1.40. The average molecular weight is 2030 g/mol. The minimum absolute atomic E-state index is 0.119. The van der Waals surface area contributed by atoms with Crippen molar-refractivity contribution in [3.05, 3.63) is 155 Å². The summed E-state index contributed by atoms with van der Waals surface area (Å²) < 4.78 is 21.2. The zero-order valence-corrected chi connectivity index (χ0v) is 79.3. The summed E-state index contributed by atoms with van der Waals surface area (Å²) in [5.74, 6) is 8.06. The SMILES string of the molecule is Cc1nc(Cl)n2cnnc2c1Br.Cc1nc(Cl)nc(Cl)c1Br.Cc1nc(Cl)nc(NN)c1Br.Cc1nc(N2CCC(C)(N)CC2)n2cnnc2c1-c1cccc(Cl)c1Cl.Cc1nc(N2CCC(C)(NC(=O)OC(C)(C)C)CC2)n2cnnc2c1-c1cccc(Cl)c1Cl.Cc1nc(N2CCC(C)(NC(=O)OC(C)(C)C)CC2)n2cnnc2c1Br. The van der Waals surface area contributed by atoms with Gasteiger partial charge in [-0.1, -0.05) is 82.3 Å². The molecule has 2 aromatic carbocycles. The van der Waals surface area contributed by atoms with Gasteiger partial charge in [-0.3, -0.25) is 13.2 Å². The van der Waals surface area contributed by atoms with Crippen LogP contribution < -0.4 is 42.3 Å². The van der Waals surface area contributed by atoms with E-state index < -0.39 is 17.3 Å². The molecule has 2 amide bonds. The molecule has 0 spiro atoms. The maximum Gasteiger partial charge on any atom is 0.408 e. The second-order valence-corrected chi connectivity index (χ2v) is 36.8. The van der Waals surface area contributed by atoms with Crippen molar-refractivity contribution in [1.29, 1.82) is 0 Å². The molecule has 13 heterocycles. The Morgan fingerprint density at radius 3 is 1.18 bits per heavy atom. The Bertz CT molecular complexity index is 5620. The van der Waals surface area contributed by atoms with Crippen LogP contribution in [0.5, 0.6) is 0 Å². The number of nitrogens with two attached hydrogens (primary N) is 2. The molecule has 0 radical (unpaired) electrons. The van der Waals surface area contributed by atoms with Gasteiger partial charge in [0, 0.05) is 78.1 Å². The number of nitrogens with one attached hydrogen (secondary N) is 3. The molecule has 32 nitrogen and oxygen atoms in total. The monoisotopic (exact) mass is 2030 g/mol.